The maximum atomic E-state index is 5.30. The van der Waals surface area contributed by atoms with Crippen molar-refractivity contribution in [3.63, 3.8) is 0 Å². The summed E-state index contributed by atoms with van der Waals surface area (Å²) in [5.74, 6) is 0.892. The molecular weight excluding hydrogens is 278 g/mol. The van der Waals surface area contributed by atoms with E-state index in [1.54, 1.807) is 18.4 Å². The van der Waals surface area contributed by atoms with E-state index in [9.17, 15) is 0 Å². The van der Waals surface area contributed by atoms with Crippen LogP contribution in [-0.4, -0.2) is 12.1 Å². The molecule has 4 aromatic rings. The van der Waals surface area contributed by atoms with Crippen LogP contribution in [0.2, 0.25) is 0 Å². The van der Waals surface area contributed by atoms with Crippen molar-refractivity contribution in [2.45, 2.75) is 0 Å². The van der Waals surface area contributed by atoms with Crippen LogP contribution in [0.5, 0.6) is 5.75 Å². The molecule has 0 unspecified atom stereocenters. The van der Waals surface area contributed by atoms with E-state index in [1.165, 1.54) is 31.3 Å². The van der Waals surface area contributed by atoms with E-state index in [0.717, 1.165) is 5.75 Å². The van der Waals surface area contributed by atoms with Gasteiger partial charge in [-0.2, -0.15) is 0 Å². The minimum absolute atomic E-state index is 0.892. The van der Waals surface area contributed by atoms with Crippen molar-refractivity contribution in [2.75, 3.05) is 7.11 Å². The van der Waals surface area contributed by atoms with Crippen molar-refractivity contribution in [3.8, 4) is 16.2 Å². The minimum Gasteiger partial charge on any atom is -0.497 e. The van der Waals surface area contributed by atoms with Crippen molar-refractivity contribution in [2.24, 2.45) is 0 Å². The maximum absolute atomic E-state index is 5.30. The van der Waals surface area contributed by atoms with Gasteiger partial charge in [0.25, 0.3) is 0 Å². The van der Waals surface area contributed by atoms with Crippen LogP contribution in [0.25, 0.3) is 31.3 Å². The second-order valence-corrected chi connectivity index (χ2v) is 6.01. The van der Waals surface area contributed by atoms with Crippen LogP contribution in [-0.2, 0) is 0 Å². The monoisotopic (exact) mass is 291 g/mol. The molecule has 0 saturated heterocycles. The van der Waals surface area contributed by atoms with Gasteiger partial charge in [-0.1, -0.05) is 24.3 Å². The molecule has 0 atom stereocenters. The largest absolute Gasteiger partial charge is 0.497 e. The number of methoxy groups -OCH3 is 1. The van der Waals surface area contributed by atoms with E-state index in [0.29, 0.717) is 0 Å². The topological polar surface area (TPSA) is 22.1 Å². The quantitative estimate of drug-likeness (QED) is 0.511. The molecule has 2 aromatic carbocycles. The zero-order valence-corrected chi connectivity index (χ0v) is 12.4. The molecule has 3 heteroatoms. The molecule has 0 radical (unpaired) electrons. The number of ether oxygens (including phenoxy) is 1. The summed E-state index contributed by atoms with van der Waals surface area (Å²) in [5.41, 5.74) is 1.19. The van der Waals surface area contributed by atoms with Gasteiger partial charge in [0.1, 0.15) is 5.75 Å². The van der Waals surface area contributed by atoms with Gasteiger partial charge in [-0.15, -0.1) is 11.3 Å². The van der Waals surface area contributed by atoms with E-state index >= 15 is 0 Å². The third-order valence-electron chi connectivity index (χ3n) is 3.66. The zero-order chi connectivity index (χ0) is 14.2. The average molecular weight is 291 g/mol. The zero-order valence-electron chi connectivity index (χ0n) is 11.5. The molecule has 0 aliphatic carbocycles. The van der Waals surface area contributed by atoms with Gasteiger partial charge in [-0.05, 0) is 35.0 Å². The molecule has 0 amide bonds. The number of thiophene rings is 1. The molecule has 2 nitrogen and oxygen atoms in total. The Balaban J connectivity index is 1.96. The normalized spacial score (nSPS) is 11.1. The number of aromatic nitrogens is 1. The van der Waals surface area contributed by atoms with Crippen molar-refractivity contribution >= 4 is 32.2 Å². The van der Waals surface area contributed by atoms with E-state index < -0.39 is 0 Å². The smallest absolute Gasteiger partial charge is 0.119 e. The Kier molecular flexibility index (Phi) is 2.86. The summed E-state index contributed by atoms with van der Waals surface area (Å²) < 4.78 is 6.56. The minimum atomic E-state index is 0.892. The predicted octanol–water partition coefficient (Wildman–Crippen LogP) is 5.13. The molecule has 0 saturated carbocycles. The summed E-state index contributed by atoms with van der Waals surface area (Å²) >= 11 is 1.79. The van der Waals surface area contributed by atoms with Gasteiger partial charge < -0.3 is 4.74 Å². The third kappa shape index (κ3) is 2.06. The highest BCUT2D eigenvalue weighted by Crippen LogP contribution is 2.37. The molecule has 0 bridgehead atoms. The van der Waals surface area contributed by atoms with Gasteiger partial charge in [0.2, 0.25) is 0 Å². The molecule has 21 heavy (non-hydrogen) atoms. The van der Waals surface area contributed by atoms with Crippen LogP contribution < -0.4 is 4.74 Å². The van der Waals surface area contributed by atoms with E-state index in [2.05, 4.69) is 41.4 Å². The first-order valence-corrected chi connectivity index (χ1v) is 7.57. The molecule has 0 spiro atoms. The molecule has 0 aliphatic heterocycles. The maximum Gasteiger partial charge on any atom is 0.119 e. The lowest BCUT2D eigenvalue weighted by atomic mass is 10.1. The van der Waals surface area contributed by atoms with Crippen LogP contribution in [0.4, 0.5) is 0 Å². The highest BCUT2D eigenvalue weighted by molar-refractivity contribution is 7.22. The average Bonchev–Trinajstić information content (AvgIpc) is 2.97. The van der Waals surface area contributed by atoms with Crippen molar-refractivity contribution in [1.29, 1.82) is 0 Å². The Labute approximate surface area is 126 Å². The predicted molar refractivity (Wildman–Crippen MR) is 89.1 cm³/mol. The van der Waals surface area contributed by atoms with E-state index in [1.807, 2.05) is 24.5 Å². The van der Waals surface area contributed by atoms with Gasteiger partial charge in [0.15, 0.2) is 0 Å². The summed E-state index contributed by atoms with van der Waals surface area (Å²) in [7, 11) is 1.70. The Bertz CT molecular complexity index is 937. The van der Waals surface area contributed by atoms with Crippen LogP contribution >= 0.6 is 11.3 Å². The van der Waals surface area contributed by atoms with Crippen LogP contribution in [0.3, 0.4) is 0 Å². The Morgan fingerprint density at radius 1 is 0.952 bits per heavy atom. The first-order chi connectivity index (χ1) is 10.3. The summed E-state index contributed by atoms with van der Waals surface area (Å²) in [4.78, 5) is 5.61. The number of pyridine rings is 1. The second-order valence-electron chi connectivity index (χ2n) is 4.92. The van der Waals surface area contributed by atoms with Gasteiger partial charge in [0, 0.05) is 32.9 Å². The second kappa shape index (κ2) is 4.86. The van der Waals surface area contributed by atoms with Crippen LogP contribution in [0.1, 0.15) is 0 Å². The van der Waals surface area contributed by atoms with Crippen molar-refractivity contribution in [1.82, 2.24) is 4.98 Å². The summed E-state index contributed by atoms with van der Waals surface area (Å²) in [5, 5.41) is 3.62. The number of nitrogens with zero attached hydrogens (tertiary/aromatic N) is 1. The highest BCUT2D eigenvalue weighted by Gasteiger charge is 2.08. The summed E-state index contributed by atoms with van der Waals surface area (Å²) in [6.07, 6.45) is 3.86. The molecule has 0 N–H and O–H groups in total. The van der Waals surface area contributed by atoms with Crippen LogP contribution in [0.15, 0.2) is 60.9 Å². The number of benzene rings is 2. The lowest BCUT2D eigenvalue weighted by molar-refractivity contribution is 0.415. The fourth-order valence-electron chi connectivity index (χ4n) is 2.59. The molecule has 4 rings (SSSR count). The van der Waals surface area contributed by atoms with Gasteiger partial charge >= 0.3 is 0 Å². The summed E-state index contributed by atoms with van der Waals surface area (Å²) in [6.45, 7) is 0. The number of rotatable bonds is 2. The van der Waals surface area contributed by atoms with E-state index in [-0.39, 0.29) is 0 Å². The van der Waals surface area contributed by atoms with Crippen LogP contribution in [0, 0.1) is 0 Å². The Morgan fingerprint density at radius 2 is 1.86 bits per heavy atom. The van der Waals surface area contributed by atoms with Gasteiger partial charge in [0.05, 0.1) is 7.11 Å². The molecule has 102 valence electrons. The molecule has 2 aromatic heterocycles. The highest BCUT2D eigenvalue weighted by atomic mass is 32.1. The Hall–Kier alpha value is -2.39. The molecule has 2 heterocycles. The van der Waals surface area contributed by atoms with Gasteiger partial charge in [-0.25, -0.2) is 0 Å². The van der Waals surface area contributed by atoms with E-state index in [4.69, 9.17) is 4.74 Å². The first-order valence-electron chi connectivity index (χ1n) is 6.76. The lowest BCUT2D eigenvalue weighted by Gasteiger charge is -2.02. The fourth-order valence-corrected chi connectivity index (χ4v) is 3.66. The first kappa shape index (κ1) is 12.4. The standard InChI is InChI=1S/C18H13NOS/c1-20-14-6-7-17-13(8-14)9-18(21-17)16-11-19-10-12-4-2-3-5-15(12)16/h2-11H,1H3. The Morgan fingerprint density at radius 3 is 2.76 bits per heavy atom. The molecular formula is C18H13NOS. The number of hydrogen-bond donors (Lipinski definition) is 0. The number of hydrogen-bond acceptors (Lipinski definition) is 3. The molecule has 0 aliphatic rings. The fraction of sp³-hybridized carbons (Fsp3) is 0.0556. The number of fused-ring (bicyclic) bond motifs is 2. The van der Waals surface area contributed by atoms with Crippen molar-refractivity contribution in [3.05, 3.63) is 60.9 Å². The third-order valence-corrected chi connectivity index (χ3v) is 4.81. The van der Waals surface area contributed by atoms with Gasteiger partial charge in [-0.3, -0.25) is 4.98 Å². The lowest BCUT2D eigenvalue weighted by Crippen LogP contribution is -1.80. The summed E-state index contributed by atoms with van der Waals surface area (Å²) in [6, 6.07) is 16.8. The van der Waals surface area contributed by atoms with Crippen molar-refractivity contribution < 1.29 is 4.74 Å². The SMILES string of the molecule is COc1ccc2sc(-c3cncc4ccccc34)cc2c1. The molecule has 0 fully saturated rings.